The molecule has 34 heavy (non-hydrogen) atoms. The SMILES string of the molecule is C/C(=C\[C@H](O)C[C@H](C)[C@@H]1CC[C@]2(C)[C@H]3CC[C@H]4C(C)(C)C(=O)CC[C@]4(C)[C@@H]3CC[C@]12C)C(=O)O. The van der Waals surface area contributed by atoms with Gasteiger partial charge < -0.3 is 10.2 Å². The summed E-state index contributed by atoms with van der Waals surface area (Å²) in [5.41, 5.74) is 0.851. The number of carbonyl (C=O) groups excluding carboxylic acids is 1. The molecule has 4 saturated carbocycles. The van der Waals surface area contributed by atoms with Crippen LogP contribution in [0.15, 0.2) is 11.6 Å². The van der Waals surface area contributed by atoms with Crippen molar-refractivity contribution in [3.05, 3.63) is 11.6 Å². The van der Waals surface area contributed by atoms with Gasteiger partial charge in [-0.25, -0.2) is 4.79 Å². The summed E-state index contributed by atoms with van der Waals surface area (Å²) in [5, 5.41) is 19.8. The molecular weight excluding hydrogens is 424 g/mol. The minimum absolute atomic E-state index is 0.190. The first-order valence-electron chi connectivity index (χ1n) is 13.8. The molecule has 4 aliphatic carbocycles. The van der Waals surface area contributed by atoms with Gasteiger partial charge in [-0.05, 0) is 110 Å². The minimum Gasteiger partial charge on any atom is -0.478 e. The summed E-state index contributed by atoms with van der Waals surface area (Å²) in [5.74, 6) is 2.36. The van der Waals surface area contributed by atoms with Crippen molar-refractivity contribution in [3.63, 3.8) is 0 Å². The van der Waals surface area contributed by atoms with E-state index < -0.39 is 12.1 Å². The zero-order valence-electron chi connectivity index (χ0n) is 22.6. The Hall–Kier alpha value is -1.16. The molecule has 4 heteroatoms. The summed E-state index contributed by atoms with van der Waals surface area (Å²) >= 11 is 0. The molecule has 2 N–H and O–H groups in total. The van der Waals surface area contributed by atoms with Gasteiger partial charge in [0.2, 0.25) is 0 Å². The van der Waals surface area contributed by atoms with Crippen LogP contribution in [0, 0.1) is 51.2 Å². The third-order valence-electron chi connectivity index (χ3n) is 12.3. The molecule has 4 nitrogen and oxygen atoms in total. The van der Waals surface area contributed by atoms with Crippen molar-refractivity contribution < 1.29 is 19.8 Å². The van der Waals surface area contributed by atoms with Crippen LogP contribution in [-0.4, -0.2) is 28.1 Å². The fourth-order valence-corrected chi connectivity index (χ4v) is 10.2. The van der Waals surface area contributed by atoms with Crippen LogP contribution in [0.2, 0.25) is 0 Å². The van der Waals surface area contributed by atoms with Gasteiger partial charge in [-0.3, -0.25) is 4.79 Å². The molecule has 4 fully saturated rings. The van der Waals surface area contributed by atoms with Gasteiger partial charge in [-0.2, -0.15) is 0 Å². The first-order valence-corrected chi connectivity index (χ1v) is 13.8. The second kappa shape index (κ2) is 8.46. The maximum absolute atomic E-state index is 12.8. The topological polar surface area (TPSA) is 74.6 Å². The molecule has 0 aromatic carbocycles. The van der Waals surface area contributed by atoms with E-state index in [1.165, 1.54) is 44.6 Å². The van der Waals surface area contributed by atoms with Crippen molar-refractivity contribution in [1.82, 2.24) is 0 Å². The first kappa shape index (κ1) is 25.9. The second-order valence-corrected chi connectivity index (χ2v) is 13.9. The second-order valence-electron chi connectivity index (χ2n) is 13.9. The molecule has 192 valence electrons. The molecular formula is C30H48O4. The summed E-state index contributed by atoms with van der Waals surface area (Å²) < 4.78 is 0. The molecule has 0 unspecified atom stereocenters. The van der Waals surface area contributed by atoms with Crippen molar-refractivity contribution in [2.24, 2.45) is 51.2 Å². The highest BCUT2D eigenvalue weighted by molar-refractivity contribution is 5.86. The van der Waals surface area contributed by atoms with Gasteiger partial charge in [0, 0.05) is 17.4 Å². The molecule has 4 aliphatic rings. The number of fused-ring (bicyclic) bond motifs is 5. The van der Waals surface area contributed by atoms with E-state index in [9.17, 15) is 14.7 Å². The number of hydrogen-bond donors (Lipinski definition) is 2. The van der Waals surface area contributed by atoms with Crippen LogP contribution in [0.3, 0.4) is 0 Å². The van der Waals surface area contributed by atoms with Crippen LogP contribution >= 0.6 is 0 Å². The quantitative estimate of drug-likeness (QED) is 0.439. The Kier molecular flexibility index (Phi) is 6.45. The van der Waals surface area contributed by atoms with Gasteiger partial charge in [0.1, 0.15) is 5.78 Å². The maximum atomic E-state index is 12.8. The summed E-state index contributed by atoms with van der Waals surface area (Å²) in [6.07, 6.45) is 10.6. The average molecular weight is 473 g/mol. The molecule has 0 radical (unpaired) electrons. The average Bonchev–Trinajstić information content (AvgIpc) is 3.02. The number of aliphatic carboxylic acids is 1. The van der Waals surface area contributed by atoms with Crippen LogP contribution in [0.25, 0.3) is 0 Å². The van der Waals surface area contributed by atoms with E-state index in [1.807, 2.05) is 0 Å². The Morgan fingerprint density at radius 1 is 1.00 bits per heavy atom. The molecule has 0 heterocycles. The fraction of sp³-hybridized carbons (Fsp3) is 0.867. The van der Waals surface area contributed by atoms with Gasteiger partial charge in [0.25, 0.3) is 0 Å². The lowest BCUT2D eigenvalue weighted by Gasteiger charge is -2.66. The molecule has 0 bridgehead atoms. The Bertz CT molecular complexity index is 873. The van der Waals surface area contributed by atoms with Crippen LogP contribution < -0.4 is 0 Å². The van der Waals surface area contributed by atoms with Crippen molar-refractivity contribution in [3.8, 4) is 0 Å². The molecule has 0 amide bonds. The first-order chi connectivity index (χ1) is 15.7. The minimum atomic E-state index is -0.956. The Morgan fingerprint density at radius 2 is 1.65 bits per heavy atom. The van der Waals surface area contributed by atoms with Crippen LogP contribution in [0.4, 0.5) is 0 Å². The monoisotopic (exact) mass is 472 g/mol. The Labute approximate surface area is 207 Å². The number of Topliss-reactive ketones (excluding diaryl/α,β-unsaturated/α-hetero) is 1. The number of rotatable bonds is 5. The summed E-state index contributed by atoms with van der Waals surface area (Å²) in [6.45, 7) is 15.9. The number of ketones is 1. The highest BCUT2D eigenvalue weighted by Crippen LogP contribution is 2.74. The lowest BCUT2D eigenvalue weighted by molar-refractivity contribution is -0.183. The molecule has 4 rings (SSSR count). The van der Waals surface area contributed by atoms with E-state index in [0.29, 0.717) is 47.2 Å². The van der Waals surface area contributed by atoms with E-state index in [0.717, 1.165) is 12.8 Å². The molecule has 9 atom stereocenters. The Morgan fingerprint density at radius 3 is 2.29 bits per heavy atom. The highest BCUT2D eigenvalue weighted by Gasteiger charge is 2.67. The van der Waals surface area contributed by atoms with Crippen LogP contribution in [-0.2, 0) is 9.59 Å². The standard InChI is InChI=1S/C30H48O4/c1-18(16-20(31)17-19(2)26(33)34)21-10-14-30(7)23-8-9-24-27(3,4)25(32)12-13-28(24,5)22(23)11-15-29(21,30)6/h17-18,20-24,31H,8-16H2,1-7H3,(H,33,34)/b19-17+/t18-,20+,21-,22+,23-,24-,28+,29+,30+/m0/s1. The normalized spacial score (nSPS) is 45.6. The van der Waals surface area contributed by atoms with Crippen LogP contribution in [0.5, 0.6) is 0 Å². The smallest absolute Gasteiger partial charge is 0.331 e. The number of carbonyl (C=O) groups is 2. The van der Waals surface area contributed by atoms with Gasteiger partial charge in [0.15, 0.2) is 0 Å². The summed E-state index contributed by atoms with van der Waals surface area (Å²) in [7, 11) is 0. The zero-order valence-corrected chi connectivity index (χ0v) is 22.6. The maximum Gasteiger partial charge on any atom is 0.331 e. The van der Waals surface area contributed by atoms with E-state index in [-0.39, 0.29) is 21.8 Å². The van der Waals surface area contributed by atoms with Gasteiger partial charge in [-0.1, -0.05) is 41.5 Å². The highest BCUT2D eigenvalue weighted by atomic mass is 16.4. The number of carboxylic acids is 1. The summed E-state index contributed by atoms with van der Waals surface area (Å²) in [6, 6.07) is 0. The number of aliphatic hydroxyl groups is 1. The number of aliphatic hydroxyl groups excluding tert-OH is 1. The predicted octanol–water partition coefficient (Wildman–Crippen LogP) is 6.66. The van der Waals surface area contributed by atoms with E-state index in [1.54, 1.807) is 6.92 Å². The lowest BCUT2D eigenvalue weighted by atomic mass is 9.38. The lowest BCUT2D eigenvalue weighted by Crippen LogP contribution is -2.61. The van der Waals surface area contributed by atoms with E-state index in [4.69, 9.17) is 5.11 Å². The van der Waals surface area contributed by atoms with Crippen molar-refractivity contribution in [2.45, 2.75) is 112 Å². The van der Waals surface area contributed by atoms with Gasteiger partial charge >= 0.3 is 5.97 Å². The molecule has 0 aromatic rings. The van der Waals surface area contributed by atoms with Crippen LogP contribution in [0.1, 0.15) is 106 Å². The fourth-order valence-electron chi connectivity index (χ4n) is 10.2. The zero-order chi connectivity index (χ0) is 25.3. The van der Waals surface area contributed by atoms with E-state index >= 15 is 0 Å². The van der Waals surface area contributed by atoms with Crippen molar-refractivity contribution >= 4 is 11.8 Å². The van der Waals surface area contributed by atoms with Crippen molar-refractivity contribution in [2.75, 3.05) is 0 Å². The molecule has 0 aliphatic heterocycles. The predicted molar refractivity (Wildman–Crippen MR) is 135 cm³/mol. The molecule has 0 spiro atoms. The summed E-state index contributed by atoms with van der Waals surface area (Å²) in [4.78, 5) is 24.0. The third-order valence-corrected chi connectivity index (χ3v) is 12.3. The van der Waals surface area contributed by atoms with Gasteiger partial charge in [-0.15, -0.1) is 0 Å². The number of hydrogen-bond acceptors (Lipinski definition) is 3. The number of carboxylic acid groups (broad SMARTS) is 1. The largest absolute Gasteiger partial charge is 0.478 e. The Balaban J connectivity index is 1.56. The van der Waals surface area contributed by atoms with E-state index in [2.05, 4.69) is 41.5 Å². The van der Waals surface area contributed by atoms with Crippen molar-refractivity contribution in [1.29, 1.82) is 0 Å². The third kappa shape index (κ3) is 3.64. The molecule has 0 aromatic heterocycles. The molecule has 0 saturated heterocycles. The van der Waals surface area contributed by atoms with Gasteiger partial charge in [0.05, 0.1) is 6.10 Å².